The molecule has 0 bridgehead atoms. The predicted molar refractivity (Wildman–Crippen MR) is 178 cm³/mol. The molecule has 2 aliphatic rings. The average molecular weight is 718 g/mol. The lowest BCUT2D eigenvalue weighted by atomic mass is 10.2. The van der Waals surface area contributed by atoms with Crippen LogP contribution in [0.3, 0.4) is 0 Å². The van der Waals surface area contributed by atoms with Gasteiger partial charge < -0.3 is 29.1 Å². The van der Waals surface area contributed by atoms with E-state index in [1.165, 1.54) is 12.7 Å². The van der Waals surface area contributed by atoms with Gasteiger partial charge in [-0.2, -0.15) is 10.2 Å². The zero-order valence-corrected chi connectivity index (χ0v) is 29.8. The van der Waals surface area contributed by atoms with E-state index in [0.717, 1.165) is 22.2 Å². The normalized spacial score (nSPS) is 21.1. The highest BCUT2D eigenvalue weighted by molar-refractivity contribution is 9.10. The third kappa shape index (κ3) is 10.5. The van der Waals surface area contributed by atoms with Crippen molar-refractivity contribution in [3.8, 4) is 5.75 Å². The molecule has 256 valence electrons. The zero-order chi connectivity index (χ0) is 34.5. The minimum atomic E-state index is -0.492. The molecule has 0 unspecified atom stereocenters. The van der Waals surface area contributed by atoms with E-state index in [1.54, 1.807) is 25.0 Å². The van der Waals surface area contributed by atoms with Crippen LogP contribution in [0.5, 0.6) is 5.75 Å². The summed E-state index contributed by atoms with van der Waals surface area (Å²) in [7, 11) is 0. The van der Waals surface area contributed by atoms with Crippen molar-refractivity contribution in [3.63, 3.8) is 0 Å². The summed E-state index contributed by atoms with van der Waals surface area (Å²) in [5, 5.41) is 17.4. The number of aliphatic hydroxyl groups is 1. The number of hydrogen-bond acceptors (Lipinski definition) is 10. The Bertz CT molecular complexity index is 1650. The SMILES string of the molecule is Brc1ccc2ncnn2c1.C[C@H]1C[C@@H](O)CN1C(=O)OC(C)(C)C.C[C@H]1C[C@@H](Oc2ccc3ncnn3c2)CN1C(=O)OC(C)(C)C. The molecule has 0 aromatic carbocycles. The van der Waals surface area contributed by atoms with Gasteiger partial charge in [-0.25, -0.2) is 28.6 Å². The molecule has 2 amide bonds. The molecule has 2 aliphatic heterocycles. The van der Waals surface area contributed by atoms with Gasteiger partial charge in [-0.15, -0.1) is 0 Å². The van der Waals surface area contributed by atoms with Gasteiger partial charge in [0.15, 0.2) is 11.3 Å². The fourth-order valence-corrected chi connectivity index (χ4v) is 5.40. The topological polar surface area (TPSA) is 149 Å². The van der Waals surface area contributed by atoms with Gasteiger partial charge in [0.05, 0.1) is 25.4 Å². The van der Waals surface area contributed by atoms with Crippen molar-refractivity contribution in [1.82, 2.24) is 39.0 Å². The molecule has 4 aromatic heterocycles. The van der Waals surface area contributed by atoms with Crippen LogP contribution in [0.25, 0.3) is 11.3 Å². The lowest BCUT2D eigenvalue weighted by molar-refractivity contribution is 0.0212. The number of amides is 2. The summed E-state index contributed by atoms with van der Waals surface area (Å²) in [6.07, 6.45) is 7.02. The number of aliphatic hydroxyl groups excluding tert-OH is 1. The number of aromatic nitrogens is 6. The number of pyridine rings is 2. The molecule has 1 N–H and O–H groups in total. The van der Waals surface area contributed by atoms with Gasteiger partial charge in [0.2, 0.25) is 0 Å². The van der Waals surface area contributed by atoms with Gasteiger partial charge in [0.25, 0.3) is 0 Å². The number of β-amino-alcohol motifs (C(OH)–C–C–N with tert-alkyl or cyclic N) is 1. The summed E-state index contributed by atoms with van der Waals surface area (Å²) >= 11 is 3.33. The maximum absolute atomic E-state index is 12.2. The molecule has 6 heterocycles. The van der Waals surface area contributed by atoms with Crippen LogP contribution >= 0.6 is 15.9 Å². The molecule has 2 fully saturated rings. The molecule has 15 heteroatoms. The second-order valence-corrected chi connectivity index (χ2v) is 14.6. The van der Waals surface area contributed by atoms with Gasteiger partial charge in [-0.05, 0) is 102 Å². The van der Waals surface area contributed by atoms with Gasteiger partial charge >= 0.3 is 12.2 Å². The summed E-state index contributed by atoms with van der Waals surface area (Å²) in [6, 6.07) is 7.71. The second kappa shape index (κ2) is 14.8. The number of fused-ring (bicyclic) bond motifs is 2. The maximum atomic E-state index is 12.2. The zero-order valence-electron chi connectivity index (χ0n) is 28.2. The standard InChI is InChI=1S/C16H22N4O3.C10H19NO3.C6H4BrN3/c1-11-7-13(8-19(11)15(21)23-16(2,3)4)22-12-5-6-14-17-10-18-20(14)9-12;1-7-5-8(12)6-11(7)9(13)14-10(2,3)4;7-5-1-2-6-8-4-9-10(6)3-5/h5-6,9-11,13H,7-8H2,1-4H3;7-8,12H,5-6H2,1-4H3;1-4H/t11-,13+;7-,8+;/m00./s1. The summed E-state index contributed by atoms with van der Waals surface area (Å²) in [6.45, 7) is 15.9. The fraction of sp³-hybridized carbons (Fsp3) is 0.562. The van der Waals surface area contributed by atoms with Crippen LogP contribution in [0.1, 0.15) is 68.2 Å². The van der Waals surface area contributed by atoms with Crippen LogP contribution in [0.2, 0.25) is 0 Å². The highest BCUT2D eigenvalue weighted by atomic mass is 79.9. The lowest BCUT2D eigenvalue weighted by Gasteiger charge is -2.26. The molecule has 0 spiro atoms. The van der Waals surface area contributed by atoms with Crippen molar-refractivity contribution in [2.45, 2.75) is 104 Å². The van der Waals surface area contributed by atoms with Crippen molar-refractivity contribution >= 4 is 39.4 Å². The van der Waals surface area contributed by atoms with Gasteiger partial charge in [-0.3, -0.25) is 0 Å². The Hall–Kier alpha value is -3.98. The van der Waals surface area contributed by atoms with Crippen molar-refractivity contribution in [1.29, 1.82) is 0 Å². The van der Waals surface area contributed by atoms with Crippen LogP contribution in [0.15, 0.2) is 53.8 Å². The van der Waals surface area contributed by atoms with E-state index in [-0.39, 0.29) is 30.4 Å². The van der Waals surface area contributed by atoms with Crippen molar-refractivity contribution in [3.05, 3.63) is 53.8 Å². The maximum Gasteiger partial charge on any atom is 0.410 e. The summed E-state index contributed by atoms with van der Waals surface area (Å²) < 4.78 is 21.0. The largest absolute Gasteiger partial charge is 0.487 e. The Labute approximate surface area is 283 Å². The predicted octanol–water partition coefficient (Wildman–Crippen LogP) is 5.37. The minimum absolute atomic E-state index is 0.0570. The summed E-state index contributed by atoms with van der Waals surface area (Å²) in [4.78, 5) is 35.2. The van der Waals surface area contributed by atoms with Crippen LogP contribution in [-0.2, 0) is 9.47 Å². The van der Waals surface area contributed by atoms with Crippen molar-refractivity contribution in [2.24, 2.45) is 0 Å². The Morgan fingerprint density at radius 3 is 1.83 bits per heavy atom. The highest BCUT2D eigenvalue weighted by Gasteiger charge is 2.36. The Balaban J connectivity index is 0.000000176. The van der Waals surface area contributed by atoms with Gasteiger partial charge in [0, 0.05) is 29.2 Å². The molecule has 4 aromatic rings. The Morgan fingerprint density at radius 2 is 1.30 bits per heavy atom. The van der Waals surface area contributed by atoms with Crippen LogP contribution in [0, 0.1) is 0 Å². The molecule has 47 heavy (non-hydrogen) atoms. The van der Waals surface area contributed by atoms with Crippen LogP contribution < -0.4 is 4.74 Å². The first-order chi connectivity index (χ1) is 22.0. The molecule has 0 aliphatic carbocycles. The molecule has 0 radical (unpaired) electrons. The summed E-state index contributed by atoms with van der Waals surface area (Å²) in [5.41, 5.74) is 0.675. The first kappa shape index (κ1) is 35.9. The van der Waals surface area contributed by atoms with Crippen LogP contribution in [0.4, 0.5) is 9.59 Å². The number of nitrogens with zero attached hydrogens (tertiary/aromatic N) is 8. The molecular weight excluding hydrogens is 672 g/mol. The Morgan fingerprint density at radius 1 is 0.787 bits per heavy atom. The molecular formula is C32H45BrN8O6. The second-order valence-electron chi connectivity index (χ2n) is 13.7. The third-order valence-corrected chi connectivity index (χ3v) is 7.60. The van der Waals surface area contributed by atoms with E-state index in [2.05, 4.69) is 36.1 Å². The Kier molecular flexibility index (Phi) is 11.3. The molecule has 0 saturated carbocycles. The van der Waals surface area contributed by atoms with Gasteiger partial charge in [0.1, 0.15) is 35.7 Å². The molecule has 4 atom stereocenters. The number of likely N-dealkylation sites (tertiary alicyclic amines) is 2. The molecule has 6 rings (SSSR count). The number of halogens is 1. The minimum Gasteiger partial charge on any atom is -0.487 e. The fourth-order valence-electron chi connectivity index (χ4n) is 5.07. The number of hydrogen-bond donors (Lipinski definition) is 1. The monoisotopic (exact) mass is 716 g/mol. The van der Waals surface area contributed by atoms with E-state index in [9.17, 15) is 14.7 Å². The number of carbonyl (C=O) groups is 2. The van der Waals surface area contributed by atoms with Crippen LogP contribution in [-0.4, -0.2) is 105 Å². The summed E-state index contributed by atoms with van der Waals surface area (Å²) in [5.74, 6) is 0.714. The van der Waals surface area contributed by atoms with E-state index in [1.807, 2.05) is 85.9 Å². The lowest BCUT2D eigenvalue weighted by Crippen LogP contribution is -2.39. The van der Waals surface area contributed by atoms with E-state index >= 15 is 0 Å². The first-order valence-corrected chi connectivity index (χ1v) is 16.3. The number of carbonyl (C=O) groups excluding carboxylic acids is 2. The number of rotatable bonds is 2. The quantitative estimate of drug-likeness (QED) is 0.287. The number of ether oxygens (including phenoxy) is 3. The van der Waals surface area contributed by atoms with E-state index in [0.29, 0.717) is 25.3 Å². The smallest absolute Gasteiger partial charge is 0.410 e. The molecule has 14 nitrogen and oxygen atoms in total. The first-order valence-electron chi connectivity index (χ1n) is 15.6. The molecule has 2 saturated heterocycles. The average Bonchev–Trinajstić information content (AvgIpc) is 3.74. The van der Waals surface area contributed by atoms with Crippen molar-refractivity contribution < 1.29 is 28.9 Å². The van der Waals surface area contributed by atoms with Crippen molar-refractivity contribution in [2.75, 3.05) is 13.1 Å². The third-order valence-electron chi connectivity index (χ3n) is 7.13. The highest BCUT2D eigenvalue weighted by Crippen LogP contribution is 2.25. The van der Waals surface area contributed by atoms with E-state index in [4.69, 9.17) is 14.2 Å². The van der Waals surface area contributed by atoms with Gasteiger partial charge in [-0.1, -0.05) is 0 Å². The van der Waals surface area contributed by atoms with E-state index < -0.39 is 17.3 Å².